The number of nitrogens with zero attached hydrogens (tertiary/aromatic N) is 3. The van der Waals surface area contributed by atoms with Crippen molar-refractivity contribution >= 4 is 12.0 Å². The van der Waals surface area contributed by atoms with Crippen LogP contribution in [0, 0.1) is 13.8 Å². The molecule has 1 rings (SSSR count). The molecule has 0 saturated carbocycles. The van der Waals surface area contributed by atoms with Crippen molar-refractivity contribution in [1.29, 1.82) is 0 Å². The predicted molar refractivity (Wildman–Crippen MR) is 72.5 cm³/mol. The number of amides is 1. The highest BCUT2D eigenvalue weighted by molar-refractivity contribution is 5.92. The maximum absolute atomic E-state index is 11.9. The van der Waals surface area contributed by atoms with E-state index in [-0.39, 0.29) is 32.2 Å². The number of rotatable bonds is 6. The summed E-state index contributed by atoms with van der Waals surface area (Å²) >= 11 is 0. The Bertz CT molecular complexity index is 460. The molecule has 0 fully saturated rings. The van der Waals surface area contributed by atoms with Gasteiger partial charge in [-0.3, -0.25) is 9.48 Å². The van der Waals surface area contributed by atoms with Crippen molar-refractivity contribution < 1.29 is 15.0 Å². The van der Waals surface area contributed by atoms with Crippen molar-refractivity contribution in [3.8, 4) is 0 Å². The van der Waals surface area contributed by atoms with Crippen LogP contribution in [0.3, 0.4) is 0 Å². The third-order valence-electron chi connectivity index (χ3n) is 3.01. The van der Waals surface area contributed by atoms with E-state index < -0.39 is 0 Å². The van der Waals surface area contributed by atoms with Gasteiger partial charge in [-0.05, 0) is 19.9 Å². The highest BCUT2D eigenvalue weighted by Crippen LogP contribution is 2.13. The zero-order valence-corrected chi connectivity index (χ0v) is 11.6. The number of aryl methyl sites for hydroxylation is 2. The average molecular weight is 267 g/mol. The summed E-state index contributed by atoms with van der Waals surface area (Å²) in [7, 11) is 1.85. The summed E-state index contributed by atoms with van der Waals surface area (Å²) in [5.41, 5.74) is 2.76. The second-order valence-electron chi connectivity index (χ2n) is 4.31. The predicted octanol–water partition coefficient (Wildman–Crippen LogP) is -0.137. The maximum Gasteiger partial charge on any atom is 0.246 e. The van der Waals surface area contributed by atoms with E-state index in [2.05, 4.69) is 5.10 Å². The Hall–Kier alpha value is -1.66. The van der Waals surface area contributed by atoms with Crippen molar-refractivity contribution in [2.45, 2.75) is 13.8 Å². The Balaban J connectivity index is 2.82. The molecular formula is C13H21N3O3. The second-order valence-corrected chi connectivity index (χ2v) is 4.31. The van der Waals surface area contributed by atoms with Gasteiger partial charge in [0.15, 0.2) is 0 Å². The molecule has 0 saturated heterocycles. The molecule has 0 aromatic carbocycles. The van der Waals surface area contributed by atoms with Crippen molar-refractivity contribution in [1.82, 2.24) is 14.7 Å². The van der Waals surface area contributed by atoms with E-state index in [1.165, 1.54) is 11.0 Å². The van der Waals surface area contributed by atoms with Gasteiger partial charge in [0.1, 0.15) is 0 Å². The zero-order chi connectivity index (χ0) is 14.4. The molecule has 0 atom stereocenters. The Morgan fingerprint density at radius 1 is 1.32 bits per heavy atom. The SMILES string of the molecule is Cc1nn(C)c(C)c1/C=C/C(=O)N(CCO)CCO. The van der Waals surface area contributed by atoms with E-state index in [0.29, 0.717) is 0 Å². The summed E-state index contributed by atoms with van der Waals surface area (Å²) in [4.78, 5) is 13.3. The van der Waals surface area contributed by atoms with E-state index in [0.717, 1.165) is 17.0 Å². The lowest BCUT2D eigenvalue weighted by molar-refractivity contribution is -0.126. The summed E-state index contributed by atoms with van der Waals surface area (Å²) in [6, 6.07) is 0. The number of aliphatic hydroxyl groups excluding tert-OH is 2. The topological polar surface area (TPSA) is 78.6 Å². The van der Waals surface area contributed by atoms with Crippen LogP contribution in [0.4, 0.5) is 0 Å². The molecule has 1 amide bonds. The third kappa shape index (κ3) is 3.90. The van der Waals surface area contributed by atoms with Gasteiger partial charge in [0, 0.05) is 37.5 Å². The minimum atomic E-state index is -0.231. The normalized spacial score (nSPS) is 11.2. The molecule has 1 aromatic rings. The summed E-state index contributed by atoms with van der Waals surface area (Å²) < 4.78 is 1.76. The van der Waals surface area contributed by atoms with Gasteiger partial charge in [-0.1, -0.05) is 0 Å². The minimum Gasteiger partial charge on any atom is -0.395 e. The van der Waals surface area contributed by atoms with E-state index >= 15 is 0 Å². The van der Waals surface area contributed by atoms with Crippen molar-refractivity contribution in [2.24, 2.45) is 7.05 Å². The first kappa shape index (κ1) is 15.4. The molecule has 19 heavy (non-hydrogen) atoms. The highest BCUT2D eigenvalue weighted by atomic mass is 16.3. The quantitative estimate of drug-likeness (QED) is 0.703. The molecule has 1 heterocycles. The molecule has 0 aliphatic rings. The van der Waals surface area contributed by atoms with E-state index in [9.17, 15) is 4.79 Å². The second kappa shape index (κ2) is 7.06. The van der Waals surface area contributed by atoms with Gasteiger partial charge >= 0.3 is 0 Å². The zero-order valence-electron chi connectivity index (χ0n) is 11.6. The summed E-state index contributed by atoms with van der Waals surface area (Å²) in [5, 5.41) is 22.0. The van der Waals surface area contributed by atoms with Crippen LogP contribution in [0.2, 0.25) is 0 Å². The number of hydrogen-bond donors (Lipinski definition) is 2. The van der Waals surface area contributed by atoms with E-state index in [1.54, 1.807) is 10.8 Å². The van der Waals surface area contributed by atoms with Gasteiger partial charge in [-0.2, -0.15) is 5.10 Å². The first-order chi connectivity index (χ1) is 9.01. The number of aromatic nitrogens is 2. The Morgan fingerprint density at radius 3 is 2.32 bits per heavy atom. The molecule has 6 nitrogen and oxygen atoms in total. The summed E-state index contributed by atoms with van der Waals surface area (Å²) in [6.07, 6.45) is 3.17. The highest BCUT2D eigenvalue weighted by Gasteiger charge is 2.10. The van der Waals surface area contributed by atoms with Crippen molar-refractivity contribution in [3.05, 3.63) is 23.0 Å². The molecule has 0 unspecified atom stereocenters. The van der Waals surface area contributed by atoms with Gasteiger partial charge in [-0.15, -0.1) is 0 Å². The van der Waals surface area contributed by atoms with Crippen molar-refractivity contribution in [3.63, 3.8) is 0 Å². The van der Waals surface area contributed by atoms with Gasteiger partial charge in [-0.25, -0.2) is 0 Å². The fraction of sp³-hybridized carbons (Fsp3) is 0.538. The van der Waals surface area contributed by atoms with E-state index in [1.807, 2.05) is 20.9 Å². The molecule has 2 N–H and O–H groups in total. The van der Waals surface area contributed by atoms with Crippen LogP contribution in [0.25, 0.3) is 6.08 Å². The molecular weight excluding hydrogens is 246 g/mol. The number of hydrogen-bond acceptors (Lipinski definition) is 4. The van der Waals surface area contributed by atoms with Crippen LogP contribution in [-0.4, -0.2) is 57.1 Å². The smallest absolute Gasteiger partial charge is 0.246 e. The van der Waals surface area contributed by atoms with Crippen LogP contribution in [-0.2, 0) is 11.8 Å². The minimum absolute atomic E-state index is 0.121. The molecule has 106 valence electrons. The third-order valence-corrected chi connectivity index (χ3v) is 3.01. The molecule has 0 aliphatic heterocycles. The fourth-order valence-electron chi connectivity index (χ4n) is 1.86. The van der Waals surface area contributed by atoms with Crippen molar-refractivity contribution in [2.75, 3.05) is 26.3 Å². The van der Waals surface area contributed by atoms with Gasteiger partial charge in [0.05, 0.1) is 18.9 Å². The van der Waals surface area contributed by atoms with E-state index in [4.69, 9.17) is 10.2 Å². The first-order valence-electron chi connectivity index (χ1n) is 6.20. The monoisotopic (exact) mass is 267 g/mol. The number of carbonyl (C=O) groups is 1. The Kier molecular flexibility index (Phi) is 5.72. The average Bonchev–Trinajstić information content (AvgIpc) is 2.61. The maximum atomic E-state index is 11.9. The molecule has 6 heteroatoms. The lowest BCUT2D eigenvalue weighted by atomic mass is 10.2. The Labute approximate surface area is 113 Å². The van der Waals surface area contributed by atoms with Crippen LogP contribution in [0.5, 0.6) is 0 Å². The van der Waals surface area contributed by atoms with Crippen LogP contribution in [0.15, 0.2) is 6.08 Å². The van der Waals surface area contributed by atoms with Gasteiger partial charge in [0.25, 0.3) is 0 Å². The first-order valence-corrected chi connectivity index (χ1v) is 6.20. The number of aliphatic hydroxyl groups is 2. The van der Waals surface area contributed by atoms with Crippen LogP contribution < -0.4 is 0 Å². The van der Waals surface area contributed by atoms with Crippen LogP contribution in [0.1, 0.15) is 17.0 Å². The van der Waals surface area contributed by atoms with Gasteiger partial charge < -0.3 is 15.1 Å². The standard InChI is InChI=1S/C13H21N3O3/c1-10-12(11(2)15(3)14-10)4-5-13(19)16(6-8-17)7-9-18/h4-5,17-18H,6-9H2,1-3H3/b5-4+. The molecule has 0 spiro atoms. The lowest BCUT2D eigenvalue weighted by Gasteiger charge is -2.18. The molecule has 1 aromatic heterocycles. The fourth-order valence-corrected chi connectivity index (χ4v) is 1.86. The number of carbonyl (C=O) groups excluding carboxylic acids is 1. The summed E-state index contributed by atoms with van der Waals surface area (Å²) in [6.45, 7) is 4.01. The molecule has 0 radical (unpaired) electrons. The van der Waals surface area contributed by atoms with Gasteiger partial charge in [0.2, 0.25) is 5.91 Å². The molecule has 0 aliphatic carbocycles. The Morgan fingerprint density at radius 2 is 1.89 bits per heavy atom. The summed E-state index contributed by atoms with van der Waals surface area (Å²) in [5.74, 6) is -0.231. The lowest BCUT2D eigenvalue weighted by Crippen LogP contribution is -2.34. The largest absolute Gasteiger partial charge is 0.395 e. The van der Waals surface area contributed by atoms with Crippen LogP contribution >= 0.6 is 0 Å². The molecule has 0 bridgehead atoms.